The van der Waals surface area contributed by atoms with Gasteiger partial charge in [-0.1, -0.05) is 30.2 Å². The third-order valence-corrected chi connectivity index (χ3v) is 3.98. The number of likely N-dealkylation sites (N-methyl/N-ethyl adjacent to an activating group) is 1. The summed E-state index contributed by atoms with van der Waals surface area (Å²) in [4.78, 5) is 2.14. The lowest BCUT2D eigenvalue weighted by molar-refractivity contribution is 0.629. The van der Waals surface area contributed by atoms with Crippen molar-refractivity contribution in [2.24, 2.45) is 0 Å². The van der Waals surface area contributed by atoms with Crippen LogP contribution in [0.15, 0.2) is 35.9 Å². The number of allylic oxidation sites excluding steroid dienone is 1. The summed E-state index contributed by atoms with van der Waals surface area (Å²) < 4.78 is 0. The van der Waals surface area contributed by atoms with Gasteiger partial charge >= 0.3 is 0 Å². The number of nitrogens with zero attached hydrogens (tertiary/aromatic N) is 1. The van der Waals surface area contributed by atoms with Crippen LogP contribution in [0.4, 0.5) is 5.69 Å². The summed E-state index contributed by atoms with van der Waals surface area (Å²) >= 11 is 0. The fourth-order valence-corrected chi connectivity index (χ4v) is 2.83. The molecule has 2 rings (SSSR count). The highest BCUT2D eigenvalue weighted by Gasteiger charge is 2.15. The normalized spacial score (nSPS) is 17.5. The van der Waals surface area contributed by atoms with Crippen molar-refractivity contribution in [3.8, 4) is 0 Å². The van der Waals surface area contributed by atoms with Crippen LogP contribution in [-0.4, -0.2) is 21.1 Å². The molecule has 2 nitrogen and oxygen atoms in total. The van der Waals surface area contributed by atoms with Crippen LogP contribution in [0.2, 0.25) is 0 Å². The molecule has 1 aromatic carbocycles. The molecule has 0 fully saturated rings. The highest BCUT2D eigenvalue weighted by molar-refractivity contribution is 5.47. The molecule has 0 aromatic heterocycles. The van der Waals surface area contributed by atoms with Gasteiger partial charge in [0.25, 0.3) is 0 Å². The Balaban J connectivity index is 2.18. The van der Waals surface area contributed by atoms with Gasteiger partial charge in [0, 0.05) is 19.8 Å². The second-order valence-electron chi connectivity index (χ2n) is 5.59. The maximum absolute atomic E-state index is 3.48. The van der Waals surface area contributed by atoms with E-state index in [9.17, 15) is 0 Å². The molecular formula is C17H26N2. The van der Waals surface area contributed by atoms with Crippen molar-refractivity contribution in [2.45, 2.75) is 38.1 Å². The summed E-state index contributed by atoms with van der Waals surface area (Å²) in [6.07, 6.45) is 8.98. The van der Waals surface area contributed by atoms with Crippen LogP contribution < -0.4 is 10.2 Å². The Hall–Kier alpha value is -1.28. The first kappa shape index (κ1) is 14.1. The fourth-order valence-electron chi connectivity index (χ4n) is 2.83. The zero-order valence-electron chi connectivity index (χ0n) is 12.4. The molecule has 104 valence electrons. The van der Waals surface area contributed by atoms with E-state index in [0.29, 0.717) is 6.04 Å². The van der Waals surface area contributed by atoms with Crippen LogP contribution in [0.25, 0.3) is 0 Å². The van der Waals surface area contributed by atoms with Crippen LogP contribution in [0.5, 0.6) is 0 Å². The highest BCUT2D eigenvalue weighted by atomic mass is 15.1. The van der Waals surface area contributed by atoms with Gasteiger partial charge in [-0.15, -0.1) is 0 Å². The first-order valence-electron chi connectivity index (χ1n) is 7.36. The fraction of sp³-hybridized carbons (Fsp3) is 0.529. The van der Waals surface area contributed by atoms with Crippen molar-refractivity contribution in [1.29, 1.82) is 0 Å². The van der Waals surface area contributed by atoms with Gasteiger partial charge in [0.2, 0.25) is 0 Å². The minimum Gasteiger partial charge on any atom is -0.378 e. The van der Waals surface area contributed by atoms with E-state index < -0.39 is 0 Å². The number of benzene rings is 1. The van der Waals surface area contributed by atoms with Crippen molar-refractivity contribution in [3.63, 3.8) is 0 Å². The molecule has 1 aliphatic rings. The number of hydrogen-bond donors (Lipinski definition) is 1. The SMILES string of the molecule is CNC(C1=CCCCCC1)c1ccc(N(C)C)cc1. The summed E-state index contributed by atoms with van der Waals surface area (Å²) in [7, 11) is 6.23. The molecule has 19 heavy (non-hydrogen) atoms. The predicted octanol–water partition coefficient (Wildman–Crippen LogP) is 3.90. The van der Waals surface area contributed by atoms with Gasteiger partial charge in [-0.25, -0.2) is 0 Å². The van der Waals surface area contributed by atoms with E-state index in [1.807, 2.05) is 0 Å². The summed E-state index contributed by atoms with van der Waals surface area (Å²) in [6, 6.07) is 9.30. The second kappa shape index (κ2) is 6.76. The number of rotatable bonds is 4. The molecule has 1 N–H and O–H groups in total. The van der Waals surface area contributed by atoms with Crippen molar-refractivity contribution >= 4 is 5.69 Å². The molecule has 1 atom stereocenters. The zero-order chi connectivity index (χ0) is 13.7. The molecule has 0 amide bonds. The summed E-state index contributed by atoms with van der Waals surface area (Å²) in [5.41, 5.74) is 4.20. The Morgan fingerprint density at radius 3 is 2.42 bits per heavy atom. The average Bonchev–Trinajstić information content (AvgIpc) is 2.69. The quantitative estimate of drug-likeness (QED) is 0.824. The molecule has 0 spiro atoms. The van der Waals surface area contributed by atoms with Gasteiger partial charge in [0.05, 0.1) is 6.04 Å². The highest BCUT2D eigenvalue weighted by Crippen LogP contribution is 2.29. The Morgan fingerprint density at radius 2 is 1.79 bits per heavy atom. The minimum absolute atomic E-state index is 0.384. The van der Waals surface area contributed by atoms with Crippen LogP contribution in [-0.2, 0) is 0 Å². The standard InChI is InChI=1S/C17H26N2/c1-18-17(14-8-6-4-5-7-9-14)15-10-12-16(13-11-15)19(2)3/h8,10-13,17-18H,4-7,9H2,1-3H3. The monoisotopic (exact) mass is 258 g/mol. The zero-order valence-corrected chi connectivity index (χ0v) is 12.4. The maximum Gasteiger partial charge on any atom is 0.0533 e. The number of hydrogen-bond acceptors (Lipinski definition) is 2. The molecule has 0 bridgehead atoms. The van der Waals surface area contributed by atoms with Gasteiger partial charge in [0.15, 0.2) is 0 Å². The van der Waals surface area contributed by atoms with E-state index in [0.717, 1.165) is 0 Å². The number of anilines is 1. The molecule has 1 aromatic rings. The molecule has 1 unspecified atom stereocenters. The first-order valence-corrected chi connectivity index (χ1v) is 7.36. The average molecular weight is 258 g/mol. The Kier molecular flexibility index (Phi) is 5.03. The molecule has 0 saturated carbocycles. The molecule has 0 heterocycles. The summed E-state index contributed by atoms with van der Waals surface area (Å²) in [5, 5.41) is 3.48. The van der Waals surface area contributed by atoms with Crippen LogP contribution in [0.1, 0.15) is 43.7 Å². The third-order valence-electron chi connectivity index (χ3n) is 3.98. The van der Waals surface area contributed by atoms with Gasteiger partial charge in [-0.05, 0) is 50.4 Å². The van der Waals surface area contributed by atoms with Crippen molar-refractivity contribution in [2.75, 3.05) is 26.0 Å². The molecule has 0 saturated heterocycles. The lowest BCUT2D eigenvalue weighted by Crippen LogP contribution is -2.19. The lowest BCUT2D eigenvalue weighted by Gasteiger charge is -2.21. The second-order valence-corrected chi connectivity index (χ2v) is 5.59. The Morgan fingerprint density at radius 1 is 1.05 bits per heavy atom. The van der Waals surface area contributed by atoms with Gasteiger partial charge in [-0.2, -0.15) is 0 Å². The van der Waals surface area contributed by atoms with Gasteiger partial charge in [0.1, 0.15) is 0 Å². The predicted molar refractivity (Wildman–Crippen MR) is 83.7 cm³/mol. The third kappa shape index (κ3) is 3.60. The minimum atomic E-state index is 0.384. The van der Waals surface area contributed by atoms with Crippen molar-refractivity contribution in [1.82, 2.24) is 5.32 Å². The molecular weight excluding hydrogens is 232 g/mol. The smallest absolute Gasteiger partial charge is 0.0533 e. The van der Waals surface area contributed by atoms with Gasteiger partial charge < -0.3 is 10.2 Å². The maximum atomic E-state index is 3.48. The van der Waals surface area contributed by atoms with E-state index in [1.165, 1.54) is 43.4 Å². The van der Waals surface area contributed by atoms with Crippen LogP contribution in [0.3, 0.4) is 0 Å². The van der Waals surface area contributed by atoms with Crippen LogP contribution in [0, 0.1) is 0 Å². The largest absolute Gasteiger partial charge is 0.378 e. The molecule has 0 radical (unpaired) electrons. The van der Waals surface area contributed by atoms with E-state index >= 15 is 0 Å². The van der Waals surface area contributed by atoms with E-state index in [4.69, 9.17) is 0 Å². The van der Waals surface area contributed by atoms with E-state index in [2.05, 4.69) is 61.7 Å². The molecule has 1 aliphatic carbocycles. The first-order chi connectivity index (χ1) is 9.22. The Bertz CT molecular complexity index is 417. The Labute approximate surface area is 117 Å². The van der Waals surface area contributed by atoms with Crippen LogP contribution >= 0.6 is 0 Å². The lowest BCUT2D eigenvalue weighted by atomic mass is 9.95. The van der Waals surface area contributed by atoms with E-state index in [-0.39, 0.29) is 0 Å². The van der Waals surface area contributed by atoms with Crippen molar-refractivity contribution < 1.29 is 0 Å². The number of nitrogens with one attached hydrogen (secondary N) is 1. The summed E-state index contributed by atoms with van der Waals surface area (Å²) in [6.45, 7) is 0. The van der Waals surface area contributed by atoms with E-state index in [1.54, 1.807) is 5.57 Å². The topological polar surface area (TPSA) is 15.3 Å². The van der Waals surface area contributed by atoms with Crippen molar-refractivity contribution in [3.05, 3.63) is 41.5 Å². The molecule has 2 heteroatoms. The summed E-state index contributed by atoms with van der Waals surface area (Å²) in [5.74, 6) is 0. The van der Waals surface area contributed by atoms with Gasteiger partial charge in [-0.3, -0.25) is 0 Å². The molecule has 0 aliphatic heterocycles.